The van der Waals surface area contributed by atoms with E-state index in [1.165, 1.54) is 6.92 Å². The maximum absolute atomic E-state index is 11.3. The first-order chi connectivity index (χ1) is 8.09. The summed E-state index contributed by atoms with van der Waals surface area (Å²) in [5.74, 6) is -5.10. The van der Waals surface area contributed by atoms with Crippen LogP contribution in [0.1, 0.15) is 39.5 Å². The van der Waals surface area contributed by atoms with Crippen LogP contribution in [0.4, 0.5) is 0 Å². The van der Waals surface area contributed by atoms with Crippen LogP contribution in [0.3, 0.4) is 0 Å². The molecule has 2 atom stereocenters. The van der Waals surface area contributed by atoms with E-state index in [0.717, 1.165) is 0 Å². The van der Waals surface area contributed by atoms with Crippen molar-refractivity contribution in [1.29, 1.82) is 0 Å². The van der Waals surface area contributed by atoms with Gasteiger partial charge in [-0.2, -0.15) is 8.42 Å². The fourth-order valence-corrected chi connectivity index (χ4v) is 2.99. The number of carboxylic acids is 2. The number of carboxylic acid groups (broad SMARTS) is 2. The molecule has 0 fully saturated rings. The number of hydrogen-bond donors (Lipinski definition) is 1. The predicted octanol–water partition coefficient (Wildman–Crippen LogP) is -7.66. The van der Waals surface area contributed by atoms with E-state index < -0.39 is 39.1 Å². The van der Waals surface area contributed by atoms with Crippen LogP contribution < -0.4 is 69.3 Å². The zero-order chi connectivity index (χ0) is 14.6. The van der Waals surface area contributed by atoms with Gasteiger partial charge in [-0.15, -0.1) is 0 Å². The fraction of sp³-hybridized carbons (Fsp3) is 0.800. The van der Waals surface area contributed by atoms with Gasteiger partial charge < -0.3 is 19.8 Å². The van der Waals surface area contributed by atoms with E-state index in [1.54, 1.807) is 6.92 Å². The molecule has 0 amide bonds. The molecule has 2 unspecified atom stereocenters. The Labute approximate surface area is 162 Å². The summed E-state index contributed by atoms with van der Waals surface area (Å²) in [6.07, 6.45) is -0.0281. The van der Waals surface area contributed by atoms with Crippen molar-refractivity contribution in [2.45, 2.75) is 44.3 Å². The average Bonchev–Trinajstić information content (AvgIpc) is 2.19. The van der Waals surface area contributed by atoms with E-state index in [4.69, 9.17) is 4.55 Å². The molecule has 0 aromatic rings. The van der Waals surface area contributed by atoms with Crippen molar-refractivity contribution in [1.82, 2.24) is 0 Å². The molecule has 0 saturated heterocycles. The van der Waals surface area contributed by atoms with Gasteiger partial charge in [-0.3, -0.25) is 4.55 Å². The molecule has 7 nitrogen and oxygen atoms in total. The third-order valence-electron chi connectivity index (χ3n) is 3.00. The molecule has 106 valence electrons. The van der Waals surface area contributed by atoms with Crippen molar-refractivity contribution >= 4 is 22.1 Å². The fourth-order valence-electron chi connectivity index (χ4n) is 1.86. The number of unbranched alkanes of at least 4 members (excludes halogenated alkanes) is 1. The van der Waals surface area contributed by atoms with Crippen LogP contribution in [0, 0.1) is 5.92 Å². The van der Waals surface area contributed by atoms with Gasteiger partial charge >= 0.3 is 59.1 Å². The second-order valence-corrected chi connectivity index (χ2v) is 5.92. The van der Waals surface area contributed by atoms with Crippen LogP contribution in [0.5, 0.6) is 0 Å². The Hall–Kier alpha value is 0.850. The van der Waals surface area contributed by atoms with Crippen LogP contribution in [-0.2, 0) is 19.7 Å². The van der Waals surface area contributed by atoms with Crippen molar-refractivity contribution in [2.24, 2.45) is 5.92 Å². The zero-order valence-corrected chi connectivity index (χ0v) is 17.0. The Morgan fingerprint density at radius 2 is 1.70 bits per heavy atom. The van der Waals surface area contributed by atoms with Gasteiger partial charge in [-0.1, -0.05) is 26.7 Å². The second-order valence-electron chi connectivity index (χ2n) is 4.24. The third kappa shape index (κ3) is 6.31. The van der Waals surface area contributed by atoms with Crippen LogP contribution in [0.15, 0.2) is 0 Å². The zero-order valence-electron chi connectivity index (χ0n) is 12.2. The average molecular weight is 326 g/mol. The van der Waals surface area contributed by atoms with Gasteiger partial charge in [0, 0.05) is 12.4 Å². The summed E-state index contributed by atoms with van der Waals surface area (Å²) in [6.45, 7) is 3.06. The van der Waals surface area contributed by atoms with Crippen LogP contribution >= 0.6 is 0 Å². The van der Waals surface area contributed by atoms with Gasteiger partial charge in [0.2, 0.25) is 0 Å². The number of carbonyl (C=O) groups excluding carboxylic acids is 2. The molecular formula is C10H16Na2O7S. The monoisotopic (exact) mass is 326 g/mol. The smallest absolute Gasteiger partial charge is 0.550 e. The van der Waals surface area contributed by atoms with Gasteiger partial charge in [-0.05, 0) is 12.3 Å². The van der Waals surface area contributed by atoms with Gasteiger partial charge in [0.15, 0.2) is 0 Å². The van der Waals surface area contributed by atoms with E-state index in [0.29, 0.717) is 12.8 Å². The van der Waals surface area contributed by atoms with Crippen LogP contribution in [-0.4, -0.2) is 29.7 Å². The Balaban J connectivity index is -0.00000144. The molecule has 1 N–H and O–H groups in total. The number of rotatable bonds is 8. The Bertz CT molecular complexity index is 423. The third-order valence-corrected chi connectivity index (χ3v) is 4.63. The van der Waals surface area contributed by atoms with Crippen molar-refractivity contribution in [3.8, 4) is 0 Å². The van der Waals surface area contributed by atoms with Crippen molar-refractivity contribution in [3.05, 3.63) is 0 Å². The summed E-state index contributed by atoms with van der Waals surface area (Å²) in [5, 5.41) is 21.6. The maximum atomic E-state index is 11.3. The van der Waals surface area contributed by atoms with Gasteiger partial charge in [0.25, 0.3) is 10.1 Å². The molecule has 0 spiro atoms. The molecular weight excluding hydrogens is 310 g/mol. The summed E-state index contributed by atoms with van der Waals surface area (Å²) >= 11 is 0. The molecule has 0 radical (unpaired) electrons. The molecule has 0 aliphatic heterocycles. The molecule has 20 heavy (non-hydrogen) atoms. The van der Waals surface area contributed by atoms with Crippen molar-refractivity contribution < 1.29 is 91.9 Å². The molecule has 0 aromatic heterocycles. The minimum Gasteiger partial charge on any atom is -0.550 e. The topological polar surface area (TPSA) is 135 Å². The van der Waals surface area contributed by atoms with Crippen molar-refractivity contribution in [2.75, 3.05) is 0 Å². The molecule has 0 aliphatic rings. The standard InChI is InChI=1S/C10H18O7S.2Na/c1-3-4-5-7(2)10(9(13)14,6-8(11)12)18(15,16)17;;/h7H,3-6H2,1-2H3,(H,11,12)(H,13,14)(H,15,16,17);;/q;2*+1/p-2. The summed E-state index contributed by atoms with van der Waals surface area (Å²) < 4.78 is 28.8. The molecule has 0 saturated carbocycles. The second kappa shape index (κ2) is 10.6. The first-order valence-electron chi connectivity index (χ1n) is 5.48. The summed E-state index contributed by atoms with van der Waals surface area (Å²) in [6, 6.07) is 0. The van der Waals surface area contributed by atoms with Crippen LogP contribution in [0.25, 0.3) is 0 Å². The van der Waals surface area contributed by atoms with E-state index in [9.17, 15) is 28.2 Å². The summed E-state index contributed by atoms with van der Waals surface area (Å²) in [7, 11) is -5.13. The van der Waals surface area contributed by atoms with Gasteiger partial charge in [0.05, 0.1) is 5.97 Å². The van der Waals surface area contributed by atoms with Gasteiger partial charge in [-0.25, -0.2) is 0 Å². The van der Waals surface area contributed by atoms with Crippen LogP contribution in [0.2, 0.25) is 0 Å². The quantitative estimate of drug-likeness (QED) is 0.346. The summed E-state index contributed by atoms with van der Waals surface area (Å²) in [4.78, 5) is 21.6. The molecule has 0 aliphatic carbocycles. The Morgan fingerprint density at radius 3 is 1.95 bits per heavy atom. The van der Waals surface area contributed by atoms with E-state index in [1.807, 2.05) is 0 Å². The first-order valence-corrected chi connectivity index (χ1v) is 6.92. The van der Waals surface area contributed by atoms with Gasteiger partial charge in [0.1, 0.15) is 4.75 Å². The van der Waals surface area contributed by atoms with E-state index >= 15 is 0 Å². The molecule has 10 heteroatoms. The Kier molecular flexibility index (Phi) is 13.6. The number of carbonyl (C=O) groups is 2. The molecule has 0 rings (SSSR count). The van der Waals surface area contributed by atoms with E-state index in [-0.39, 0.29) is 65.5 Å². The molecule has 0 aromatic carbocycles. The first kappa shape index (κ1) is 25.8. The number of hydrogen-bond acceptors (Lipinski definition) is 6. The molecule has 0 bridgehead atoms. The number of aliphatic carboxylic acids is 2. The Morgan fingerprint density at radius 1 is 1.25 bits per heavy atom. The van der Waals surface area contributed by atoms with E-state index in [2.05, 4.69) is 0 Å². The largest absolute Gasteiger partial charge is 1.00 e. The minimum absolute atomic E-state index is 0. The SMILES string of the molecule is CCCCC(C)C(CC(=O)[O-])(C(=O)[O-])S(=O)(=O)O.[Na+].[Na+]. The normalized spacial score (nSPS) is 15.2. The van der Waals surface area contributed by atoms with Crippen molar-refractivity contribution in [3.63, 3.8) is 0 Å². The predicted molar refractivity (Wildman–Crippen MR) is 57.6 cm³/mol. The summed E-state index contributed by atoms with van der Waals surface area (Å²) in [5.41, 5.74) is 0. The minimum atomic E-state index is -5.13. The molecule has 0 heterocycles. The maximum Gasteiger partial charge on any atom is 1.00 e.